The van der Waals surface area contributed by atoms with Crippen LogP contribution in [0.2, 0.25) is 0 Å². The van der Waals surface area contributed by atoms with Crippen molar-refractivity contribution < 1.29 is 19.4 Å². The zero-order chi connectivity index (χ0) is 14.0. The van der Waals surface area contributed by atoms with E-state index in [0.717, 1.165) is 25.7 Å². The number of carbonyl (C=O) groups excluding carboxylic acids is 1. The molecule has 18 heavy (non-hydrogen) atoms. The third kappa shape index (κ3) is 4.00. The van der Waals surface area contributed by atoms with Gasteiger partial charge < -0.3 is 9.84 Å². The summed E-state index contributed by atoms with van der Waals surface area (Å²) in [5, 5.41) is 9.34. The molecule has 104 valence electrons. The van der Waals surface area contributed by atoms with Crippen LogP contribution in [0.3, 0.4) is 0 Å². The lowest BCUT2D eigenvalue weighted by molar-refractivity contribution is -0.162. The summed E-state index contributed by atoms with van der Waals surface area (Å²) < 4.78 is 5.22. The lowest BCUT2D eigenvalue weighted by Crippen LogP contribution is -2.35. The Hall–Kier alpha value is -1.06. The molecule has 1 aliphatic rings. The van der Waals surface area contributed by atoms with Crippen LogP contribution in [0.25, 0.3) is 0 Å². The summed E-state index contributed by atoms with van der Waals surface area (Å²) in [5.74, 6) is -1.93. The van der Waals surface area contributed by atoms with Gasteiger partial charge in [-0.2, -0.15) is 0 Å². The first-order valence-electron chi connectivity index (χ1n) is 6.59. The molecular weight excluding hydrogens is 232 g/mol. The molecule has 1 fully saturated rings. The highest BCUT2D eigenvalue weighted by molar-refractivity contribution is 5.79. The zero-order valence-corrected chi connectivity index (χ0v) is 11.8. The van der Waals surface area contributed by atoms with Crippen molar-refractivity contribution in [3.05, 3.63) is 0 Å². The van der Waals surface area contributed by atoms with Crippen LogP contribution in [0.1, 0.15) is 59.8 Å². The van der Waals surface area contributed by atoms with E-state index in [2.05, 4.69) is 0 Å². The van der Waals surface area contributed by atoms with E-state index < -0.39 is 23.5 Å². The van der Waals surface area contributed by atoms with Crippen molar-refractivity contribution in [2.24, 2.45) is 11.3 Å². The summed E-state index contributed by atoms with van der Waals surface area (Å²) in [6.45, 7) is 7.34. The van der Waals surface area contributed by atoms with Crippen LogP contribution in [0, 0.1) is 11.3 Å². The normalized spacial score (nSPS) is 20.4. The largest absolute Gasteiger partial charge is 0.481 e. The summed E-state index contributed by atoms with van der Waals surface area (Å²) in [7, 11) is 0. The Bertz CT molecular complexity index is 321. The molecule has 0 aromatic carbocycles. The van der Waals surface area contributed by atoms with Gasteiger partial charge >= 0.3 is 11.9 Å². The number of rotatable bonds is 4. The number of hydrogen-bond acceptors (Lipinski definition) is 3. The summed E-state index contributed by atoms with van der Waals surface area (Å²) in [6.07, 6.45) is 3.84. The summed E-state index contributed by atoms with van der Waals surface area (Å²) in [4.78, 5) is 23.2. The van der Waals surface area contributed by atoms with Crippen LogP contribution in [0.4, 0.5) is 0 Å². The van der Waals surface area contributed by atoms with Gasteiger partial charge in [0.25, 0.3) is 0 Å². The van der Waals surface area contributed by atoms with Crippen LogP contribution in [-0.4, -0.2) is 22.6 Å². The van der Waals surface area contributed by atoms with Gasteiger partial charge in [0.15, 0.2) is 0 Å². The van der Waals surface area contributed by atoms with E-state index in [1.807, 2.05) is 6.92 Å². The summed E-state index contributed by atoms with van der Waals surface area (Å²) >= 11 is 0. The maximum atomic E-state index is 11.8. The average molecular weight is 256 g/mol. The predicted molar refractivity (Wildman–Crippen MR) is 68.2 cm³/mol. The highest BCUT2D eigenvalue weighted by atomic mass is 16.6. The van der Waals surface area contributed by atoms with Crippen LogP contribution in [0.5, 0.6) is 0 Å². The van der Waals surface area contributed by atoms with Crippen molar-refractivity contribution >= 4 is 11.9 Å². The Morgan fingerprint density at radius 3 is 2.17 bits per heavy atom. The van der Waals surface area contributed by atoms with E-state index in [1.165, 1.54) is 0 Å². The van der Waals surface area contributed by atoms with E-state index in [-0.39, 0.29) is 11.8 Å². The van der Waals surface area contributed by atoms with Gasteiger partial charge in [-0.15, -0.1) is 0 Å². The molecule has 0 spiro atoms. The molecule has 1 rings (SSSR count). The second-order valence-corrected chi connectivity index (χ2v) is 6.54. The van der Waals surface area contributed by atoms with Gasteiger partial charge in [-0.25, -0.2) is 0 Å². The highest BCUT2D eigenvalue weighted by Gasteiger charge is 2.42. The van der Waals surface area contributed by atoms with Crippen LogP contribution < -0.4 is 0 Å². The Balaban J connectivity index is 2.70. The predicted octanol–water partition coefficient (Wildman–Crippen LogP) is 3.00. The standard InChI is InChI=1S/C14H24O4/c1-13(2,3)18-11(15)9-10(12(16)17)14(4)7-5-6-8-14/h10H,5-9H2,1-4H3,(H,16,17). The minimum absolute atomic E-state index is 0.0247. The lowest BCUT2D eigenvalue weighted by Gasteiger charge is -2.31. The number of carboxylic acids is 1. The van der Waals surface area contributed by atoms with Gasteiger partial charge in [-0.1, -0.05) is 19.8 Å². The number of ether oxygens (including phenoxy) is 1. The molecule has 0 radical (unpaired) electrons. The molecular formula is C14H24O4. The second kappa shape index (κ2) is 5.29. The quantitative estimate of drug-likeness (QED) is 0.785. The van der Waals surface area contributed by atoms with Crippen molar-refractivity contribution in [1.82, 2.24) is 0 Å². The molecule has 1 saturated carbocycles. The van der Waals surface area contributed by atoms with E-state index in [0.29, 0.717) is 0 Å². The zero-order valence-electron chi connectivity index (χ0n) is 11.8. The Morgan fingerprint density at radius 1 is 1.28 bits per heavy atom. The highest BCUT2D eigenvalue weighted by Crippen LogP contribution is 2.45. The fourth-order valence-corrected chi connectivity index (χ4v) is 2.71. The van der Waals surface area contributed by atoms with Gasteiger partial charge in [0.2, 0.25) is 0 Å². The molecule has 0 bridgehead atoms. The van der Waals surface area contributed by atoms with Gasteiger partial charge in [0.1, 0.15) is 5.60 Å². The Kier molecular flexibility index (Phi) is 4.41. The first kappa shape index (κ1) is 15.0. The van der Waals surface area contributed by atoms with E-state index >= 15 is 0 Å². The molecule has 0 heterocycles. The monoisotopic (exact) mass is 256 g/mol. The number of carbonyl (C=O) groups is 2. The number of esters is 1. The Morgan fingerprint density at radius 2 is 1.78 bits per heavy atom. The molecule has 1 N–H and O–H groups in total. The first-order chi connectivity index (χ1) is 8.14. The van der Waals surface area contributed by atoms with Crippen molar-refractivity contribution in [3.63, 3.8) is 0 Å². The lowest BCUT2D eigenvalue weighted by atomic mass is 9.74. The minimum atomic E-state index is -0.884. The maximum Gasteiger partial charge on any atom is 0.307 e. The van der Waals surface area contributed by atoms with Crippen molar-refractivity contribution in [2.45, 2.75) is 65.4 Å². The van der Waals surface area contributed by atoms with Crippen LogP contribution in [-0.2, 0) is 14.3 Å². The van der Waals surface area contributed by atoms with E-state index in [1.54, 1.807) is 20.8 Å². The number of carboxylic acid groups (broad SMARTS) is 1. The van der Waals surface area contributed by atoms with Gasteiger partial charge in [0.05, 0.1) is 12.3 Å². The second-order valence-electron chi connectivity index (χ2n) is 6.54. The number of aliphatic carboxylic acids is 1. The molecule has 1 unspecified atom stereocenters. The van der Waals surface area contributed by atoms with E-state index in [9.17, 15) is 14.7 Å². The van der Waals surface area contributed by atoms with E-state index in [4.69, 9.17) is 4.74 Å². The first-order valence-corrected chi connectivity index (χ1v) is 6.59. The molecule has 4 nitrogen and oxygen atoms in total. The summed E-state index contributed by atoms with van der Waals surface area (Å²) in [5.41, 5.74) is -0.820. The summed E-state index contributed by atoms with van der Waals surface area (Å²) in [6, 6.07) is 0. The van der Waals surface area contributed by atoms with Crippen molar-refractivity contribution in [2.75, 3.05) is 0 Å². The van der Waals surface area contributed by atoms with Crippen LogP contribution >= 0.6 is 0 Å². The van der Waals surface area contributed by atoms with Gasteiger partial charge in [-0.05, 0) is 39.0 Å². The number of hydrogen-bond donors (Lipinski definition) is 1. The van der Waals surface area contributed by atoms with Crippen molar-refractivity contribution in [3.8, 4) is 0 Å². The molecule has 1 atom stereocenters. The smallest absolute Gasteiger partial charge is 0.307 e. The molecule has 0 saturated heterocycles. The van der Waals surface area contributed by atoms with Gasteiger partial charge in [0, 0.05) is 0 Å². The molecule has 0 amide bonds. The SMILES string of the molecule is CC(C)(C)OC(=O)CC(C(=O)O)C1(C)CCCC1. The third-order valence-corrected chi connectivity index (χ3v) is 3.68. The third-order valence-electron chi connectivity index (χ3n) is 3.68. The molecule has 0 aliphatic heterocycles. The average Bonchev–Trinajstić information content (AvgIpc) is 2.59. The Labute approximate surface area is 109 Å². The topological polar surface area (TPSA) is 63.6 Å². The minimum Gasteiger partial charge on any atom is -0.481 e. The molecule has 1 aliphatic carbocycles. The fraction of sp³-hybridized carbons (Fsp3) is 0.857. The van der Waals surface area contributed by atoms with Gasteiger partial charge in [-0.3, -0.25) is 9.59 Å². The maximum absolute atomic E-state index is 11.8. The fourth-order valence-electron chi connectivity index (χ4n) is 2.71. The molecule has 0 aromatic heterocycles. The van der Waals surface area contributed by atoms with Crippen LogP contribution in [0.15, 0.2) is 0 Å². The van der Waals surface area contributed by atoms with Crippen molar-refractivity contribution in [1.29, 1.82) is 0 Å². The molecule has 4 heteroatoms. The molecule has 0 aromatic rings.